The number of para-hydroxylation sites is 1. The van der Waals surface area contributed by atoms with E-state index in [1.807, 2.05) is 0 Å². The fourth-order valence-corrected chi connectivity index (χ4v) is 4.28. The first-order valence-corrected chi connectivity index (χ1v) is 9.38. The zero-order valence-electron chi connectivity index (χ0n) is 14.2. The molecule has 2 aliphatic carbocycles. The molecular weight excluding hydrogens is 296 g/mol. The summed E-state index contributed by atoms with van der Waals surface area (Å²) in [6, 6.07) is 8.41. The van der Waals surface area contributed by atoms with Crippen molar-refractivity contribution in [1.82, 2.24) is 10.3 Å². The number of hydrogen-bond acceptors (Lipinski definition) is 1. The Bertz CT molecular complexity index is 771. The highest BCUT2D eigenvalue weighted by molar-refractivity contribution is 5.90. The molecule has 24 heavy (non-hydrogen) atoms. The molecule has 126 valence electrons. The van der Waals surface area contributed by atoms with Crippen LogP contribution >= 0.6 is 0 Å². The van der Waals surface area contributed by atoms with Gasteiger partial charge in [-0.2, -0.15) is 0 Å². The predicted octanol–water partition coefficient (Wildman–Crippen LogP) is 4.59. The van der Waals surface area contributed by atoms with Crippen molar-refractivity contribution in [3.05, 3.63) is 47.2 Å². The third kappa shape index (κ3) is 3.00. The van der Waals surface area contributed by atoms with Gasteiger partial charge in [-0.15, -0.1) is 0 Å². The molecule has 1 atom stereocenters. The Morgan fingerprint density at radius 1 is 1.17 bits per heavy atom. The number of benzene rings is 1. The summed E-state index contributed by atoms with van der Waals surface area (Å²) in [6.45, 7) is 0.775. The molecule has 0 radical (unpaired) electrons. The summed E-state index contributed by atoms with van der Waals surface area (Å²) in [5, 5.41) is 4.47. The van der Waals surface area contributed by atoms with Crippen LogP contribution in [0.4, 0.5) is 0 Å². The summed E-state index contributed by atoms with van der Waals surface area (Å²) in [5.41, 5.74) is 5.19. The van der Waals surface area contributed by atoms with Gasteiger partial charge in [0.2, 0.25) is 5.91 Å². The molecule has 0 saturated carbocycles. The largest absolute Gasteiger partial charge is 0.357 e. The molecule has 1 amide bonds. The second-order valence-electron chi connectivity index (χ2n) is 7.16. The average Bonchev–Trinajstić information content (AvgIpc) is 3.01. The molecule has 0 aliphatic heterocycles. The Balaban J connectivity index is 1.45. The number of carbonyl (C=O) groups excluding carboxylic acids is 1. The molecular formula is C21H26N2O. The molecule has 2 aliphatic rings. The lowest BCUT2D eigenvalue weighted by Crippen LogP contribution is -2.32. The van der Waals surface area contributed by atoms with Crippen LogP contribution in [0.3, 0.4) is 0 Å². The van der Waals surface area contributed by atoms with Gasteiger partial charge in [0.25, 0.3) is 0 Å². The molecule has 1 aromatic carbocycles. The minimum Gasteiger partial charge on any atom is -0.357 e. The Hall–Kier alpha value is -2.03. The third-order valence-corrected chi connectivity index (χ3v) is 5.56. The van der Waals surface area contributed by atoms with E-state index in [4.69, 9.17) is 0 Å². The number of H-pyrrole nitrogens is 1. The number of fused-ring (bicyclic) bond motifs is 3. The number of rotatable bonds is 4. The van der Waals surface area contributed by atoms with Gasteiger partial charge in [-0.1, -0.05) is 29.8 Å². The first kappa shape index (κ1) is 15.5. The maximum Gasteiger partial charge on any atom is 0.229 e. The van der Waals surface area contributed by atoms with Crippen molar-refractivity contribution in [3.63, 3.8) is 0 Å². The fourth-order valence-electron chi connectivity index (χ4n) is 4.28. The molecule has 0 spiro atoms. The number of allylic oxidation sites excluding steroid dienone is 1. The lowest BCUT2D eigenvalue weighted by atomic mass is 9.86. The van der Waals surface area contributed by atoms with Crippen LogP contribution in [0.5, 0.6) is 0 Å². The summed E-state index contributed by atoms with van der Waals surface area (Å²) < 4.78 is 0. The smallest absolute Gasteiger partial charge is 0.229 e. The quantitative estimate of drug-likeness (QED) is 0.794. The SMILES string of the molecule is O=C(NCCC1=CCCCC1)C1CCCc2c1[nH]c1ccccc21. The molecule has 0 bridgehead atoms. The second kappa shape index (κ2) is 6.84. The van der Waals surface area contributed by atoms with Crippen molar-refractivity contribution in [2.45, 2.75) is 57.3 Å². The second-order valence-corrected chi connectivity index (χ2v) is 7.16. The minimum atomic E-state index is -0.0125. The third-order valence-electron chi connectivity index (χ3n) is 5.56. The summed E-state index contributed by atoms with van der Waals surface area (Å²) in [4.78, 5) is 16.2. The number of aromatic nitrogens is 1. The number of nitrogens with one attached hydrogen (secondary N) is 2. The highest BCUT2D eigenvalue weighted by Gasteiger charge is 2.29. The maximum atomic E-state index is 12.7. The van der Waals surface area contributed by atoms with Crippen LogP contribution in [0.15, 0.2) is 35.9 Å². The van der Waals surface area contributed by atoms with Gasteiger partial charge in [0.05, 0.1) is 5.92 Å². The first-order chi connectivity index (χ1) is 11.8. The summed E-state index contributed by atoms with van der Waals surface area (Å²) in [7, 11) is 0. The van der Waals surface area contributed by atoms with E-state index in [0.29, 0.717) is 0 Å². The van der Waals surface area contributed by atoms with E-state index in [0.717, 1.165) is 43.4 Å². The lowest BCUT2D eigenvalue weighted by Gasteiger charge is -2.22. The molecule has 3 nitrogen and oxygen atoms in total. The minimum absolute atomic E-state index is 0.0125. The van der Waals surface area contributed by atoms with Crippen LogP contribution in [0.25, 0.3) is 10.9 Å². The van der Waals surface area contributed by atoms with E-state index in [2.05, 4.69) is 40.6 Å². The van der Waals surface area contributed by atoms with E-state index in [1.54, 1.807) is 0 Å². The Kier molecular flexibility index (Phi) is 4.42. The summed E-state index contributed by atoms with van der Waals surface area (Å²) in [5.74, 6) is 0.181. The molecule has 3 heteroatoms. The zero-order valence-corrected chi connectivity index (χ0v) is 14.2. The first-order valence-electron chi connectivity index (χ1n) is 9.38. The molecule has 0 fully saturated rings. The van der Waals surface area contributed by atoms with Crippen molar-refractivity contribution >= 4 is 16.8 Å². The van der Waals surface area contributed by atoms with Crippen LogP contribution in [0.1, 0.15) is 62.1 Å². The van der Waals surface area contributed by atoms with Gasteiger partial charge in [0.1, 0.15) is 0 Å². The van der Waals surface area contributed by atoms with Crippen LogP contribution in [0, 0.1) is 0 Å². The molecule has 2 N–H and O–H groups in total. The van der Waals surface area contributed by atoms with E-state index < -0.39 is 0 Å². The van der Waals surface area contributed by atoms with Crippen molar-refractivity contribution < 1.29 is 4.79 Å². The highest BCUT2D eigenvalue weighted by Crippen LogP contribution is 2.36. The summed E-state index contributed by atoms with van der Waals surface area (Å²) >= 11 is 0. The molecule has 1 unspecified atom stereocenters. The molecule has 4 rings (SSSR count). The Labute approximate surface area is 143 Å². The Morgan fingerprint density at radius 3 is 2.96 bits per heavy atom. The van der Waals surface area contributed by atoms with Crippen molar-refractivity contribution in [2.24, 2.45) is 0 Å². The van der Waals surface area contributed by atoms with Gasteiger partial charge in [-0.25, -0.2) is 0 Å². The number of aromatic amines is 1. The maximum absolute atomic E-state index is 12.7. The van der Waals surface area contributed by atoms with E-state index in [9.17, 15) is 4.79 Å². The van der Waals surface area contributed by atoms with E-state index in [-0.39, 0.29) is 11.8 Å². The van der Waals surface area contributed by atoms with Crippen LogP contribution < -0.4 is 5.32 Å². The van der Waals surface area contributed by atoms with Gasteiger partial charge in [0, 0.05) is 23.1 Å². The number of hydrogen-bond donors (Lipinski definition) is 2. The molecule has 2 aromatic rings. The van der Waals surface area contributed by atoms with Crippen molar-refractivity contribution in [1.29, 1.82) is 0 Å². The standard InChI is InChI=1S/C21H26N2O/c24-21(22-14-13-15-7-2-1-3-8-15)18-11-6-10-17-16-9-4-5-12-19(16)23-20(17)18/h4-5,7,9,12,18,23H,1-3,6,8,10-11,13-14H2,(H,22,24). The molecule has 0 saturated heterocycles. The van der Waals surface area contributed by atoms with Gasteiger partial charge in [-0.3, -0.25) is 4.79 Å². The average molecular weight is 322 g/mol. The monoisotopic (exact) mass is 322 g/mol. The van der Waals surface area contributed by atoms with E-state index >= 15 is 0 Å². The summed E-state index contributed by atoms with van der Waals surface area (Å²) in [6.07, 6.45) is 11.6. The van der Waals surface area contributed by atoms with Crippen molar-refractivity contribution in [2.75, 3.05) is 6.54 Å². The molecule has 1 aromatic heterocycles. The van der Waals surface area contributed by atoms with Gasteiger partial charge in [-0.05, 0) is 63.0 Å². The van der Waals surface area contributed by atoms with Crippen LogP contribution in [0.2, 0.25) is 0 Å². The highest BCUT2D eigenvalue weighted by atomic mass is 16.1. The lowest BCUT2D eigenvalue weighted by molar-refractivity contribution is -0.122. The molecule has 1 heterocycles. The number of aryl methyl sites for hydroxylation is 1. The van der Waals surface area contributed by atoms with Gasteiger partial charge < -0.3 is 10.3 Å². The normalized spacial score (nSPS) is 20.5. The predicted molar refractivity (Wildman–Crippen MR) is 98.2 cm³/mol. The topological polar surface area (TPSA) is 44.9 Å². The number of carbonyl (C=O) groups is 1. The van der Waals surface area contributed by atoms with Crippen LogP contribution in [-0.4, -0.2) is 17.4 Å². The Morgan fingerprint density at radius 2 is 2.08 bits per heavy atom. The van der Waals surface area contributed by atoms with E-state index in [1.165, 1.54) is 42.2 Å². The van der Waals surface area contributed by atoms with Crippen LogP contribution in [-0.2, 0) is 11.2 Å². The number of amides is 1. The van der Waals surface area contributed by atoms with Gasteiger partial charge >= 0.3 is 0 Å². The zero-order chi connectivity index (χ0) is 16.4. The fraction of sp³-hybridized carbons (Fsp3) is 0.476. The van der Waals surface area contributed by atoms with Gasteiger partial charge in [0.15, 0.2) is 0 Å². The van der Waals surface area contributed by atoms with Crippen molar-refractivity contribution in [3.8, 4) is 0 Å².